The molecule has 2 fully saturated rings. The molecule has 0 bridgehead atoms. The second-order valence-corrected chi connectivity index (χ2v) is 6.36. The monoisotopic (exact) mass is 216 g/mol. The lowest BCUT2D eigenvalue weighted by atomic mass is 10.1. The molecule has 14 heavy (non-hydrogen) atoms. The SMILES string of the molecule is [SiH3]C1(CCOCC2CO2)CCCCO1. The van der Waals surface area contributed by atoms with Gasteiger partial charge in [-0.1, -0.05) is 0 Å². The molecular formula is C10H20O3Si. The molecule has 2 atom stereocenters. The van der Waals surface area contributed by atoms with Crippen LogP contribution in [-0.4, -0.2) is 48.0 Å². The molecule has 2 saturated heterocycles. The quantitative estimate of drug-likeness (QED) is 0.370. The van der Waals surface area contributed by atoms with Gasteiger partial charge >= 0.3 is 0 Å². The summed E-state index contributed by atoms with van der Waals surface area (Å²) in [4.78, 5) is 0. The van der Waals surface area contributed by atoms with Gasteiger partial charge in [-0.25, -0.2) is 0 Å². The first-order valence-corrected chi connectivity index (χ1v) is 6.62. The average molecular weight is 216 g/mol. The maximum absolute atomic E-state index is 5.84. The normalized spacial score (nSPS) is 37.3. The molecule has 0 aromatic heterocycles. The van der Waals surface area contributed by atoms with E-state index in [2.05, 4.69) is 0 Å². The van der Waals surface area contributed by atoms with Crippen molar-refractivity contribution in [3.63, 3.8) is 0 Å². The maximum atomic E-state index is 5.84. The Kier molecular flexibility index (Phi) is 3.60. The molecule has 82 valence electrons. The number of rotatable bonds is 5. The van der Waals surface area contributed by atoms with Crippen LogP contribution >= 0.6 is 0 Å². The molecule has 2 rings (SSSR count). The van der Waals surface area contributed by atoms with Gasteiger partial charge in [-0.05, 0) is 25.7 Å². The molecular weight excluding hydrogens is 196 g/mol. The highest BCUT2D eigenvalue weighted by Gasteiger charge is 2.28. The van der Waals surface area contributed by atoms with Gasteiger partial charge < -0.3 is 14.2 Å². The van der Waals surface area contributed by atoms with Crippen LogP contribution in [0.1, 0.15) is 25.7 Å². The molecule has 0 saturated carbocycles. The van der Waals surface area contributed by atoms with Crippen molar-refractivity contribution in [3.8, 4) is 0 Å². The van der Waals surface area contributed by atoms with Crippen molar-refractivity contribution in [2.24, 2.45) is 0 Å². The number of hydrogen-bond acceptors (Lipinski definition) is 3. The standard InChI is InChI=1S/C10H20O3Si/c14-10(3-1-2-5-13-10)4-6-11-7-9-8-12-9/h9H,1-8H2,14H3. The smallest absolute Gasteiger partial charge is 0.104 e. The van der Waals surface area contributed by atoms with Crippen molar-refractivity contribution < 1.29 is 14.2 Å². The highest BCUT2D eigenvalue weighted by molar-refractivity contribution is 6.14. The topological polar surface area (TPSA) is 31.0 Å². The predicted octanol–water partition coefficient (Wildman–Crippen LogP) is 0.0541. The Balaban J connectivity index is 1.57. The van der Waals surface area contributed by atoms with Crippen molar-refractivity contribution in [3.05, 3.63) is 0 Å². The first-order valence-electron chi connectivity index (χ1n) is 5.62. The highest BCUT2D eigenvalue weighted by atomic mass is 28.1. The third-order valence-corrected chi connectivity index (χ3v) is 4.32. The van der Waals surface area contributed by atoms with Crippen molar-refractivity contribution in [1.29, 1.82) is 0 Å². The van der Waals surface area contributed by atoms with Crippen molar-refractivity contribution in [2.75, 3.05) is 26.4 Å². The summed E-state index contributed by atoms with van der Waals surface area (Å²) in [6.07, 6.45) is 5.28. The van der Waals surface area contributed by atoms with Crippen molar-refractivity contribution in [2.45, 2.75) is 37.0 Å². The summed E-state index contributed by atoms with van der Waals surface area (Å²) >= 11 is 0. The minimum Gasteiger partial charge on any atom is -0.379 e. The van der Waals surface area contributed by atoms with Gasteiger partial charge in [0.25, 0.3) is 0 Å². The minimum atomic E-state index is 0.211. The zero-order chi connectivity index (χ0) is 9.86. The number of ether oxygens (including phenoxy) is 3. The third-order valence-electron chi connectivity index (χ3n) is 3.03. The molecule has 2 aliphatic rings. The zero-order valence-electron chi connectivity index (χ0n) is 8.96. The Morgan fingerprint density at radius 2 is 2.29 bits per heavy atom. The Hall–Kier alpha value is 0.0969. The molecule has 4 heteroatoms. The van der Waals surface area contributed by atoms with Gasteiger partial charge in [0.2, 0.25) is 0 Å². The van der Waals surface area contributed by atoms with Crippen LogP contribution in [0.3, 0.4) is 0 Å². The molecule has 2 heterocycles. The summed E-state index contributed by atoms with van der Waals surface area (Å²) < 4.78 is 16.5. The van der Waals surface area contributed by atoms with Gasteiger partial charge in [-0.15, -0.1) is 0 Å². The van der Waals surface area contributed by atoms with E-state index in [0.29, 0.717) is 6.10 Å². The van der Waals surface area contributed by atoms with Crippen LogP contribution < -0.4 is 0 Å². The van der Waals surface area contributed by atoms with E-state index in [1.807, 2.05) is 0 Å². The molecule has 0 amide bonds. The lowest BCUT2D eigenvalue weighted by Gasteiger charge is -2.34. The largest absolute Gasteiger partial charge is 0.379 e. The van der Waals surface area contributed by atoms with Gasteiger partial charge in [-0.2, -0.15) is 0 Å². The fraction of sp³-hybridized carbons (Fsp3) is 1.00. The second-order valence-electron chi connectivity index (χ2n) is 4.54. The van der Waals surface area contributed by atoms with Crippen molar-refractivity contribution >= 4 is 10.2 Å². The van der Waals surface area contributed by atoms with E-state index in [4.69, 9.17) is 14.2 Å². The third kappa shape index (κ3) is 3.35. The summed E-state index contributed by atoms with van der Waals surface area (Å²) in [5, 5.41) is 0.211. The van der Waals surface area contributed by atoms with Gasteiger partial charge in [0.15, 0.2) is 0 Å². The van der Waals surface area contributed by atoms with E-state index in [0.717, 1.165) is 43.1 Å². The molecule has 0 aliphatic carbocycles. The predicted molar refractivity (Wildman–Crippen MR) is 57.6 cm³/mol. The number of hydrogen-bond donors (Lipinski definition) is 0. The van der Waals surface area contributed by atoms with Crippen LogP contribution in [0, 0.1) is 0 Å². The zero-order valence-corrected chi connectivity index (χ0v) is 11.0. The summed E-state index contributed by atoms with van der Waals surface area (Å²) in [7, 11) is 1.13. The van der Waals surface area contributed by atoms with Crippen LogP contribution in [0.5, 0.6) is 0 Å². The lowest BCUT2D eigenvalue weighted by Crippen LogP contribution is -2.38. The number of epoxide rings is 1. The maximum Gasteiger partial charge on any atom is 0.104 e. The summed E-state index contributed by atoms with van der Waals surface area (Å²) in [6.45, 7) is 3.46. The fourth-order valence-electron chi connectivity index (χ4n) is 1.86. The van der Waals surface area contributed by atoms with E-state index < -0.39 is 0 Å². The van der Waals surface area contributed by atoms with Gasteiger partial charge in [0, 0.05) is 23.5 Å². The van der Waals surface area contributed by atoms with Crippen LogP contribution in [-0.2, 0) is 14.2 Å². The molecule has 2 aliphatic heterocycles. The second kappa shape index (κ2) is 4.75. The first-order chi connectivity index (χ1) is 6.79. The minimum absolute atomic E-state index is 0.211. The summed E-state index contributed by atoms with van der Waals surface area (Å²) in [5.74, 6) is 0. The molecule has 2 unspecified atom stereocenters. The summed E-state index contributed by atoms with van der Waals surface area (Å²) in [5.41, 5.74) is 0. The van der Waals surface area contributed by atoms with Crippen molar-refractivity contribution in [1.82, 2.24) is 0 Å². The van der Waals surface area contributed by atoms with E-state index >= 15 is 0 Å². The molecule has 0 aromatic carbocycles. The van der Waals surface area contributed by atoms with Gasteiger partial charge in [-0.3, -0.25) is 0 Å². The van der Waals surface area contributed by atoms with Crippen LogP contribution in [0.15, 0.2) is 0 Å². The van der Waals surface area contributed by atoms with Crippen LogP contribution in [0.25, 0.3) is 0 Å². The van der Waals surface area contributed by atoms with E-state index in [1.165, 1.54) is 19.3 Å². The van der Waals surface area contributed by atoms with Gasteiger partial charge in [0.1, 0.15) is 6.10 Å². The molecule has 0 spiro atoms. The lowest BCUT2D eigenvalue weighted by molar-refractivity contribution is -0.0391. The Morgan fingerprint density at radius 3 is 2.93 bits per heavy atom. The van der Waals surface area contributed by atoms with Gasteiger partial charge in [0.05, 0.1) is 18.4 Å². The Labute approximate surface area is 88.5 Å². The molecule has 0 radical (unpaired) electrons. The summed E-state index contributed by atoms with van der Waals surface area (Å²) in [6, 6.07) is 0. The van der Waals surface area contributed by atoms with E-state index in [9.17, 15) is 0 Å². The fourth-order valence-corrected chi connectivity index (χ4v) is 2.62. The first kappa shape index (κ1) is 10.6. The molecule has 0 N–H and O–H groups in total. The molecule has 3 nitrogen and oxygen atoms in total. The average Bonchev–Trinajstić information content (AvgIpc) is 2.97. The van der Waals surface area contributed by atoms with E-state index in [-0.39, 0.29) is 5.22 Å². The van der Waals surface area contributed by atoms with E-state index in [1.54, 1.807) is 0 Å². The van der Waals surface area contributed by atoms with Crippen LogP contribution in [0.4, 0.5) is 0 Å². The Morgan fingerprint density at radius 1 is 1.43 bits per heavy atom. The Bertz CT molecular complexity index is 176. The highest BCUT2D eigenvalue weighted by Crippen LogP contribution is 2.25. The van der Waals surface area contributed by atoms with Crippen LogP contribution in [0.2, 0.25) is 0 Å². The molecule has 0 aromatic rings.